The van der Waals surface area contributed by atoms with Crippen molar-refractivity contribution < 1.29 is 14.3 Å². The molecule has 1 aliphatic rings. The van der Waals surface area contributed by atoms with Gasteiger partial charge in [0.2, 0.25) is 0 Å². The van der Waals surface area contributed by atoms with E-state index in [4.69, 9.17) is 26.2 Å². The van der Waals surface area contributed by atoms with Crippen molar-refractivity contribution >= 4 is 62.8 Å². The maximum absolute atomic E-state index is 12.2. The molecule has 0 N–H and O–H groups in total. The zero-order valence-electron chi connectivity index (χ0n) is 18.4. The number of esters is 1. The van der Waals surface area contributed by atoms with E-state index in [0.29, 0.717) is 29.7 Å². The van der Waals surface area contributed by atoms with Crippen molar-refractivity contribution in [2.45, 2.75) is 76.3 Å². The van der Waals surface area contributed by atoms with Gasteiger partial charge in [-0.05, 0) is 66.3 Å². The largest absolute Gasteiger partial charge is 0.465 e. The number of carbonyl (C=O) groups is 1. The Labute approximate surface area is 208 Å². The van der Waals surface area contributed by atoms with Gasteiger partial charge in [0.15, 0.2) is 6.23 Å². The molecule has 1 fully saturated rings. The lowest BCUT2D eigenvalue weighted by Gasteiger charge is -2.23. The molecule has 1 saturated heterocycles. The van der Waals surface area contributed by atoms with E-state index in [9.17, 15) is 4.79 Å². The Morgan fingerprint density at radius 3 is 2.97 bits per heavy atom. The molecule has 2 heterocycles. The molecule has 5 nitrogen and oxygen atoms in total. The minimum absolute atomic E-state index is 0.0200. The Bertz CT molecular complexity index is 870. The highest BCUT2D eigenvalue weighted by Gasteiger charge is 2.22. The number of aromatic nitrogens is 2. The minimum Gasteiger partial charge on any atom is -0.465 e. The maximum Gasteiger partial charge on any atom is 0.306 e. The van der Waals surface area contributed by atoms with Gasteiger partial charge >= 0.3 is 5.97 Å². The van der Waals surface area contributed by atoms with Gasteiger partial charge < -0.3 is 9.47 Å². The number of hydrogen-bond acceptors (Lipinski definition) is 5. The highest BCUT2D eigenvalue weighted by Crippen LogP contribution is 2.38. The number of thioether (sulfide) groups is 1. The van der Waals surface area contributed by atoms with Crippen molar-refractivity contribution in [1.82, 2.24) is 9.78 Å². The highest BCUT2D eigenvalue weighted by atomic mass is 127. The van der Waals surface area contributed by atoms with Gasteiger partial charge in [-0.1, -0.05) is 44.7 Å². The summed E-state index contributed by atoms with van der Waals surface area (Å²) in [6.07, 6.45) is 8.14. The standard InChI is InChI=1S/C23H32ClIN2O3S/c1-3-5-8-16(4-2)15-30-20(28)12-14-31-18-11-10-17-21(22(18)24)23(25)26-27(17)19-9-6-7-13-29-19/h10-11,16,19H,3-9,12-15H2,1-2H3. The second-order valence-electron chi connectivity index (χ2n) is 8.03. The van der Waals surface area contributed by atoms with Crippen LogP contribution in [0.1, 0.15) is 71.4 Å². The molecule has 1 aliphatic heterocycles. The van der Waals surface area contributed by atoms with Crippen molar-refractivity contribution in [3.8, 4) is 0 Å². The molecule has 3 rings (SSSR count). The maximum atomic E-state index is 12.2. The average Bonchev–Trinajstić information content (AvgIpc) is 3.13. The first-order chi connectivity index (χ1) is 15.0. The van der Waals surface area contributed by atoms with Gasteiger partial charge in [-0.25, -0.2) is 4.68 Å². The summed E-state index contributed by atoms with van der Waals surface area (Å²) in [6.45, 7) is 5.66. The summed E-state index contributed by atoms with van der Waals surface area (Å²) in [6, 6.07) is 4.09. The van der Waals surface area contributed by atoms with E-state index in [2.05, 4.69) is 42.5 Å². The smallest absolute Gasteiger partial charge is 0.306 e. The van der Waals surface area contributed by atoms with E-state index in [0.717, 1.165) is 58.2 Å². The Kier molecular flexibility index (Phi) is 10.3. The number of hydrogen-bond donors (Lipinski definition) is 0. The number of carbonyl (C=O) groups excluding carboxylic acids is 1. The Morgan fingerprint density at radius 2 is 2.26 bits per heavy atom. The minimum atomic E-state index is -0.128. The fourth-order valence-corrected chi connectivity index (χ4v) is 6.04. The quantitative estimate of drug-likeness (QED) is 0.160. The van der Waals surface area contributed by atoms with Gasteiger partial charge in [-0.3, -0.25) is 4.79 Å². The molecular formula is C23H32ClIN2O3S. The predicted octanol–water partition coefficient (Wildman–Crippen LogP) is 7.24. The number of ether oxygens (including phenoxy) is 2. The first kappa shape index (κ1) is 25.1. The molecule has 2 unspecified atom stereocenters. The normalized spacial score (nSPS) is 17.7. The number of benzene rings is 1. The Hall–Kier alpha value is -0.510. The molecule has 0 saturated carbocycles. The first-order valence-corrected chi connectivity index (χ1v) is 13.8. The van der Waals surface area contributed by atoms with E-state index in [-0.39, 0.29) is 12.2 Å². The van der Waals surface area contributed by atoms with Gasteiger partial charge in [0, 0.05) is 17.3 Å². The van der Waals surface area contributed by atoms with Crippen molar-refractivity contribution in [3.63, 3.8) is 0 Å². The van der Waals surface area contributed by atoms with Crippen LogP contribution in [0.15, 0.2) is 17.0 Å². The predicted molar refractivity (Wildman–Crippen MR) is 136 cm³/mol. The third-order valence-electron chi connectivity index (χ3n) is 5.75. The van der Waals surface area contributed by atoms with E-state index in [1.165, 1.54) is 12.8 Å². The molecule has 0 bridgehead atoms. The van der Waals surface area contributed by atoms with E-state index >= 15 is 0 Å². The zero-order valence-corrected chi connectivity index (χ0v) is 22.1. The van der Waals surface area contributed by atoms with E-state index in [1.54, 1.807) is 11.8 Å². The van der Waals surface area contributed by atoms with Crippen LogP contribution in [0, 0.1) is 9.62 Å². The lowest BCUT2D eigenvalue weighted by atomic mass is 10.0. The fraction of sp³-hybridized carbons (Fsp3) is 0.652. The van der Waals surface area contributed by atoms with Crippen LogP contribution < -0.4 is 0 Å². The number of rotatable bonds is 11. The van der Waals surface area contributed by atoms with Crippen LogP contribution in [-0.4, -0.2) is 34.7 Å². The van der Waals surface area contributed by atoms with Crippen LogP contribution in [0.3, 0.4) is 0 Å². The first-order valence-electron chi connectivity index (χ1n) is 11.3. The van der Waals surface area contributed by atoms with Gasteiger partial charge in [-0.2, -0.15) is 5.10 Å². The SMILES string of the molecule is CCCCC(CC)COC(=O)CCSc1ccc2c(c(I)nn2C2CCCCO2)c1Cl. The number of halogens is 2. The average molecular weight is 579 g/mol. The van der Waals surface area contributed by atoms with Gasteiger partial charge in [-0.15, -0.1) is 11.8 Å². The molecule has 0 radical (unpaired) electrons. The number of fused-ring (bicyclic) bond motifs is 1. The third-order valence-corrected chi connectivity index (χ3v) is 8.07. The molecule has 0 spiro atoms. The number of nitrogens with zero attached hydrogens (tertiary/aromatic N) is 2. The fourth-order valence-electron chi connectivity index (χ4n) is 3.81. The lowest BCUT2D eigenvalue weighted by molar-refractivity contribution is -0.144. The second kappa shape index (κ2) is 12.7. The molecule has 172 valence electrons. The topological polar surface area (TPSA) is 53.3 Å². The molecule has 2 atom stereocenters. The highest BCUT2D eigenvalue weighted by molar-refractivity contribution is 14.1. The molecule has 0 aliphatic carbocycles. The van der Waals surface area contributed by atoms with Crippen molar-refractivity contribution in [2.24, 2.45) is 5.92 Å². The van der Waals surface area contributed by atoms with Gasteiger partial charge in [0.25, 0.3) is 0 Å². The molecule has 0 amide bonds. The lowest BCUT2D eigenvalue weighted by Crippen LogP contribution is -2.19. The van der Waals surface area contributed by atoms with Crippen molar-refractivity contribution in [2.75, 3.05) is 19.0 Å². The van der Waals surface area contributed by atoms with Crippen LogP contribution >= 0.6 is 46.0 Å². The van der Waals surface area contributed by atoms with Gasteiger partial charge in [0.05, 0.1) is 29.0 Å². The summed E-state index contributed by atoms with van der Waals surface area (Å²) in [5.41, 5.74) is 1.00. The molecular weight excluding hydrogens is 547 g/mol. The van der Waals surface area contributed by atoms with Crippen LogP contribution in [0.2, 0.25) is 5.02 Å². The second-order valence-corrected chi connectivity index (χ2v) is 10.6. The van der Waals surface area contributed by atoms with E-state index in [1.807, 2.05) is 10.7 Å². The summed E-state index contributed by atoms with van der Waals surface area (Å²) >= 11 is 10.6. The number of unbranched alkanes of at least 4 members (excludes halogenated alkanes) is 1. The van der Waals surface area contributed by atoms with Crippen LogP contribution in [-0.2, 0) is 14.3 Å². The summed E-state index contributed by atoms with van der Waals surface area (Å²) < 4.78 is 14.3. The summed E-state index contributed by atoms with van der Waals surface area (Å²) in [5.74, 6) is 0.989. The van der Waals surface area contributed by atoms with Gasteiger partial charge in [0.1, 0.15) is 3.70 Å². The van der Waals surface area contributed by atoms with Crippen molar-refractivity contribution in [1.29, 1.82) is 0 Å². The zero-order chi connectivity index (χ0) is 22.2. The molecule has 1 aromatic heterocycles. The Morgan fingerprint density at radius 1 is 1.42 bits per heavy atom. The monoisotopic (exact) mass is 578 g/mol. The van der Waals surface area contributed by atoms with Crippen LogP contribution in [0.5, 0.6) is 0 Å². The third kappa shape index (κ3) is 6.74. The van der Waals surface area contributed by atoms with E-state index < -0.39 is 0 Å². The summed E-state index contributed by atoms with van der Waals surface area (Å²) in [4.78, 5) is 13.1. The summed E-state index contributed by atoms with van der Waals surface area (Å²) in [7, 11) is 0. The molecule has 8 heteroatoms. The molecule has 31 heavy (non-hydrogen) atoms. The molecule has 2 aromatic rings. The summed E-state index contributed by atoms with van der Waals surface area (Å²) in [5, 5.41) is 6.37. The van der Waals surface area contributed by atoms with Crippen LogP contribution in [0.4, 0.5) is 0 Å². The van der Waals surface area contributed by atoms with Crippen molar-refractivity contribution in [3.05, 3.63) is 20.9 Å². The molecule has 1 aromatic carbocycles. The Balaban J connectivity index is 1.56. The van der Waals surface area contributed by atoms with Crippen LogP contribution in [0.25, 0.3) is 10.9 Å².